The largest absolute Gasteiger partial charge is 0.316 e. The molecule has 0 radical (unpaired) electrons. The Bertz CT molecular complexity index is 1050. The van der Waals surface area contributed by atoms with Crippen molar-refractivity contribution in [2.45, 2.75) is 17.7 Å². The van der Waals surface area contributed by atoms with E-state index in [-0.39, 0.29) is 31.9 Å². The highest BCUT2D eigenvalue weighted by Gasteiger charge is 2.31. The van der Waals surface area contributed by atoms with Gasteiger partial charge in [0.2, 0.25) is 10.0 Å². The second-order valence-corrected chi connectivity index (χ2v) is 8.82. The van der Waals surface area contributed by atoms with Crippen LogP contribution in [-0.4, -0.2) is 36.6 Å². The number of nitro groups is 1. The van der Waals surface area contributed by atoms with Gasteiger partial charge >= 0.3 is 0 Å². The average Bonchev–Trinajstić information content (AvgIpc) is 3.17. The number of rotatable bonds is 5. The van der Waals surface area contributed by atoms with Gasteiger partial charge in [-0.3, -0.25) is 14.9 Å². The maximum atomic E-state index is 12.8. The summed E-state index contributed by atoms with van der Waals surface area (Å²) in [7, 11) is -3.88. The molecule has 0 spiro atoms. The molecule has 1 fully saturated rings. The van der Waals surface area contributed by atoms with E-state index in [0.717, 1.165) is 18.9 Å². The van der Waals surface area contributed by atoms with Crippen LogP contribution >= 0.6 is 23.2 Å². The number of carbonyl (C=O) groups is 1. The van der Waals surface area contributed by atoms with E-state index in [1.54, 1.807) is 0 Å². The van der Waals surface area contributed by atoms with E-state index in [0.29, 0.717) is 13.1 Å². The SMILES string of the molecule is O=C(Nc1ccccc1[N+](=O)[O-])c1cc(S(=O)(=O)N2CCCC2)c(Cl)cc1Cl. The number of amides is 1. The third-order valence-electron chi connectivity index (χ3n) is 4.30. The first-order valence-electron chi connectivity index (χ1n) is 8.26. The molecule has 148 valence electrons. The first-order chi connectivity index (χ1) is 13.2. The van der Waals surface area contributed by atoms with Crippen molar-refractivity contribution in [1.82, 2.24) is 4.31 Å². The first kappa shape index (κ1) is 20.5. The molecule has 1 aliphatic heterocycles. The minimum atomic E-state index is -3.88. The monoisotopic (exact) mass is 443 g/mol. The van der Waals surface area contributed by atoms with Gasteiger partial charge in [-0.05, 0) is 31.0 Å². The van der Waals surface area contributed by atoms with Crippen molar-refractivity contribution in [3.8, 4) is 0 Å². The van der Waals surface area contributed by atoms with Gasteiger partial charge in [-0.25, -0.2) is 8.42 Å². The lowest BCUT2D eigenvalue weighted by molar-refractivity contribution is -0.383. The van der Waals surface area contributed by atoms with Gasteiger partial charge in [0.1, 0.15) is 10.6 Å². The van der Waals surface area contributed by atoms with Gasteiger partial charge in [-0.15, -0.1) is 0 Å². The smallest absolute Gasteiger partial charge is 0.292 e. The molecule has 1 amide bonds. The fourth-order valence-electron chi connectivity index (χ4n) is 2.90. The standard InChI is InChI=1S/C17H15Cl2N3O5S/c18-12-10-13(19)16(28(26,27)21-7-3-4-8-21)9-11(12)17(23)20-14-5-1-2-6-15(14)22(24)25/h1-2,5-6,9-10H,3-4,7-8H2,(H,20,23). The number of nitrogens with zero attached hydrogens (tertiary/aromatic N) is 2. The molecule has 28 heavy (non-hydrogen) atoms. The molecule has 1 heterocycles. The quantitative estimate of drug-likeness (QED) is 0.555. The average molecular weight is 444 g/mol. The van der Waals surface area contributed by atoms with Gasteiger partial charge in [0.15, 0.2) is 0 Å². The Morgan fingerprint density at radius 1 is 1.11 bits per heavy atom. The molecule has 8 nitrogen and oxygen atoms in total. The molecule has 0 bridgehead atoms. The molecule has 1 aliphatic rings. The summed E-state index contributed by atoms with van der Waals surface area (Å²) in [4.78, 5) is 22.9. The highest BCUT2D eigenvalue weighted by Crippen LogP contribution is 2.33. The summed E-state index contributed by atoms with van der Waals surface area (Å²) < 4.78 is 26.9. The van der Waals surface area contributed by atoms with Crippen molar-refractivity contribution in [3.63, 3.8) is 0 Å². The molecule has 3 rings (SSSR count). The predicted molar refractivity (Wildman–Crippen MR) is 106 cm³/mol. The predicted octanol–water partition coefficient (Wildman–Crippen LogP) is 3.94. The second-order valence-electron chi connectivity index (χ2n) is 6.10. The summed E-state index contributed by atoms with van der Waals surface area (Å²) >= 11 is 12.2. The van der Waals surface area contributed by atoms with E-state index in [4.69, 9.17) is 23.2 Å². The highest BCUT2D eigenvalue weighted by molar-refractivity contribution is 7.89. The van der Waals surface area contributed by atoms with Gasteiger partial charge in [0, 0.05) is 19.2 Å². The normalized spacial score (nSPS) is 14.8. The molecule has 0 atom stereocenters. The van der Waals surface area contributed by atoms with Crippen molar-refractivity contribution in [2.75, 3.05) is 18.4 Å². The number of nitrogens with one attached hydrogen (secondary N) is 1. The number of carbonyl (C=O) groups excluding carboxylic acids is 1. The minimum Gasteiger partial charge on any atom is -0.316 e. The molecule has 2 aromatic rings. The topological polar surface area (TPSA) is 110 Å². The van der Waals surface area contributed by atoms with Gasteiger partial charge in [0.05, 0.1) is 20.5 Å². The Labute approximate surface area is 171 Å². The summed E-state index contributed by atoms with van der Waals surface area (Å²) in [5.74, 6) is -0.783. The van der Waals surface area contributed by atoms with E-state index in [2.05, 4.69) is 5.32 Å². The van der Waals surface area contributed by atoms with Crippen LogP contribution in [0.15, 0.2) is 41.3 Å². The van der Waals surface area contributed by atoms with Crippen LogP contribution in [0.4, 0.5) is 11.4 Å². The van der Waals surface area contributed by atoms with Crippen molar-refractivity contribution in [2.24, 2.45) is 0 Å². The maximum absolute atomic E-state index is 12.8. The Morgan fingerprint density at radius 3 is 2.39 bits per heavy atom. The minimum absolute atomic E-state index is 0.0348. The molecule has 1 saturated heterocycles. The molecule has 2 aromatic carbocycles. The zero-order chi connectivity index (χ0) is 20.5. The van der Waals surface area contributed by atoms with E-state index in [1.807, 2.05) is 0 Å². The zero-order valence-electron chi connectivity index (χ0n) is 14.4. The van der Waals surface area contributed by atoms with Crippen molar-refractivity contribution in [3.05, 3.63) is 62.1 Å². The van der Waals surface area contributed by atoms with Crippen LogP contribution in [0.1, 0.15) is 23.2 Å². The maximum Gasteiger partial charge on any atom is 0.292 e. The molecule has 0 aliphatic carbocycles. The highest BCUT2D eigenvalue weighted by atomic mass is 35.5. The van der Waals surface area contributed by atoms with Crippen LogP contribution < -0.4 is 5.32 Å². The Morgan fingerprint density at radius 2 is 1.75 bits per heavy atom. The molecular formula is C17H15Cl2N3O5S. The Hall–Kier alpha value is -2.20. The van der Waals surface area contributed by atoms with E-state index in [1.165, 1.54) is 34.6 Å². The van der Waals surface area contributed by atoms with Crippen LogP contribution in [0, 0.1) is 10.1 Å². The summed E-state index contributed by atoms with van der Waals surface area (Å²) in [5, 5.41) is 13.3. The summed E-state index contributed by atoms with van der Waals surface area (Å²) in [6, 6.07) is 7.87. The number of sulfonamides is 1. The van der Waals surface area contributed by atoms with Crippen LogP contribution in [0.25, 0.3) is 0 Å². The number of nitro benzene ring substituents is 1. The first-order valence-corrected chi connectivity index (χ1v) is 10.5. The molecular weight excluding hydrogens is 429 g/mol. The van der Waals surface area contributed by atoms with E-state index >= 15 is 0 Å². The lowest BCUT2D eigenvalue weighted by atomic mass is 10.2. The summed E-state index contributed by atoms with van der Waals surface area (Å²) in [5.41, 5.74) is -0.486. The lowest BCUT2D eigenvalue weighted by Gasteiger charge is -2.17. The van der Waals surface area contributed by atoms with Gasteiger partial charge in [-0.2, -0.15) is 4.31 Å². The van der Waals surface area contributed by atoms with Crippen LogP contribution in [0.3, 0.4) is 0 Å². The number of hydrogen-bond acceptors (Lipinski definition) is 5. The molecule has 11 heteroatoms. The molecule has 1 N–H and O–H groups in total. The van der Waals surface area contributed by atoms with Gasteiger partial charge in [-0.1, -0.05) is 35.3 Å². The summed E-state index contributed by atoms with van der Waals surface area (Å²) in [6.07, 6.45) is 1.49. The third kappa shape index (κ3) is 3.97. The Kier molecular flexibility index (Phi) is 5.90. The second kappa shape index (κ2) is 8.04. The third-order valence-corrected chi connectivity index (χ3v) is 6.97. The van der Waals surface area contributed by atoms with Crippen LogP contribution in [0.2, 0.25) is 10.0 Å². The van der Waals surface area contributed by atoms with Gasteiger partial charge in [0.25, 0.3) is 11.6 Å². The lowest BCUT2D eigenvalue weighted by Crippen LogP contribution is -2.28. The van der Waals surface area contributed by atoms with Crippen molar-refractivity contribution >= 4 is 50.5 Å². The molecule has 0 aromatic heterocycles. The number of hydrogen-bond donors (Lipinski definition) is 1. The fourth-order valence-corrected chi connectivity index (χ4v) is 5.25. The number of anilines is 1. The van der Waals surface area contributed by atoms with Crippen molar-refractivity contribution in [1.29, 1.82) is 0 Å². The van der Waals surface area contributed by atoms with Crippen LogP contribution in [-0.2, 0) is 10.0 Å². The van der Waals surface area contributed by atoms with Crippen molar-refractivity contribution < 1.29 is 18.1 Å². The molecule has 0 saturated carbocycles. The van der Waals surface area contributed by atoms with E-state index in [9.17, 15) is 23.3 Å². The Balaban J connectivity index is 1.99. The zero-order valence-corrected chi connectivity index (χ0v) is 16.7. The number of para-hydroxylation sites is 2. The van der Waals surface area contributed by atoms with E-state index < -0.39 is 20.9 Å². The number of halogens is 2. The van der Waals surface area contributed by atoms with Gasteiger partial charge < -0.3 is 5.32 Å². The fraction of sp³-hybridized carbons (Fsp3) is 0.235. The summed E-state index contributed by atoms with van der Waals surface area (Å²) in [6.45, 7) is 0.748. The van der Waals surface area contributed by atoms with Crippen LogP contribution in [0.5, 0.6) is 0 Å². The molecule has 0 unspecified atom stereocenters. The number of benzene rings is 2.